The number of aromatic hydroxyl groups is 1. The molecule has 1 aliphatic carbocycles. The van der Waals surface area contributed by atoms with E-state index in [2.05, 4.69) is 6.42 Å². The van der Waals surface area contributed by atoms with E-state index in [0.29, 0.717) is 12.0 Å². The van der Waals surface area contributed by atoms with Gasteiger partial charge in [0.15, 0.2) is 5.78 Å². The second kappa shape index (κ2) is 2.09. The first-order valence-corrected chi connectivity index (χ1v) is 3.37. The Morgan fingerprint density at radius 1 is 1.45 bits per heavy atom. The van der Waals surface area contributed by atoms with Crippen LogP contribution in [0.5, 0.6) is 5.75 Å². The Bertz CT molecular complexity index is 315. The van der Waals surface area contributed by atoms with Crippen molar-refractivity contribution >= 4 is 5.78 Å². The fourth-order valence-corrected chi connectivity index (χ4v) is 1.20. The number of ketones is 1. The quantitative estimate of drug-likeness (QED) is 0.597. The van der Waals surface area contributed by atoms with Gasteiger partial charge in [0.2, 0.25) is 0 Å². The third-order valence-electron chi connectivity index (χ3n) is 1.78. The predicted octanol–water partition coefficient (Wildman–Crippen LogP) is 1.21. The number of Topliss-reactive ketones (excluding diaryl/α,β-unsaturated/α-hetero) is 1. The van der Waals surface area contributed by atoms with E-state index in [1.165, 1.54) is 6.07 Å². The van der Waals surface area contributed by atoms with Gasteiger partial charge in [0, 0.05) is 5.56 Å². The molecule has 1 N–H and O–H groups in total. The van der Waals surface area contributed by atoms with E-state index >= 15 is 0 Å². The number of benzene rings is 1. The van der Waals surface area contributed by atoms with Gasteiger partial charge in [-0.3, -0.25) is 4.79 Å². The van der Waals surface area contributed by atoms with Crippen molar-refractivity contribution in [2.45, 2.75) is 6.42 Å². The molecule has 0 heterocycles. The van der Waals surface area contributed by atoms with E-state index in [0.717, 1.165) is 5.56 Å². The molecule has 0 aromatic heterocycles. The molecule has 2 rings (SSSR count). The molecule has 0 amide bonds. The van der Waals surface area contributed by atoms with E-state index in [-0.39, 0.29) is 11.5 Å². The third kappa shape index (κ3) is 0.909. The minimum atomic E-state index is -0.101. The summed E-state index contributed by atoms with van der Waals surface area (Å²) in [6.45, 7) is 0. The highest BCUT2D eigenvalue weighted by atomic mass is 16.3. The maximum atomic E-state index is 11.0. The largest absolute Gasteiger partial charge is 0.508 e. The highest BCUT2D eigenvalue weighted by Crippen LogP contribution is 2.24. The molecule has 2 heteroatoms. The van der Waals surface area contributed by atoms with Crippen LogP contribution in [0.2, 0.25) is 0 Å². The molecule has 1 aromatic rings. The summed E-state index contributed by atoms with van der Waals surface area (Å²) in [5.74, 6) is 0.0386. The van der Waals surface area contributed by atoms with Crippen LogP contribution in [0.3, 0.4) is 0 Å². The van der Waals surface area contributed by atoms with E-state index in [9.17, 15) is 4.79 Å². The van der Waals surface area contributed by atoms with Crippen molar-refractivity contribution in [3.05, 3.63) is 35.7 Å². The molecule has 1 aromatic carbocycles. The van der Waals surface area contributed by atoms with Gasteiger partial charge in [-0.05, 0) is 24.1 Å². The monoisotopic (exact) mass is 146 g/mol. The Kier molecular flexibility index (Phi) is 1.22. The van der Waals surface area contributed by atoms with E-state index in [1.807, 2.05) is 0 Å². The number of rotatable bonds is 0. The lowest BCUT2D eigenvalue weighted by atomic mass is 10.1. The SMILES string of the molecule is O=C1[C]Cc2ccc(O)cc21. The summed E-state index contributed by atoms with van der Waals surface area (Å²) in [4.78, 5) is 11.0. The molecule has 54 valence electrons. The number of hydrogen-bond donors (Lipinski definition) is 1. The van der Waals surface area contributed by atoms with Crippen molar-refractivity contribution in [1.29, 1.82) is 0 Å². The lowest BCUT2D eigenvalue weighted by molar-refractivity contribution is 0.103. The molecule has 0 spiro atoms. The van der Waals surface area contributed by atoms with E-state index < -0.39 is 0 Å². The lowest BCUT2D eigenvalue weighted by Gasteiger charge is -1.96. The Morgan fingerprint density at radius 3 is 3.09 bits per heavy atom. The highest BCUT2D eigenvalue weighted by molar-refractivity contribution is 6.07. The third-order valence-corrected chi connectivity index (χ3v) is 1.78. The normalized spacial score (nSPS) is 15.1. The zero-order valence-electron chi connectivity index (χ0n) is 5.79. The van der Waals surface area contributed by atoms with Crippen LogP contribution in [0.1, 0.15) is 15.9 Å². The lowest BCUT2D eigenvalue weighted by Crippen LogP contribution is -1.90. The summed E-state index contributed by atoms with van der Waals surface area (Å²) in [5.41, 5.74) is 1.54. The summed E-state index contributed by atoms with van der Waals surface area (Å²) >= 11 is 0. The topological polar surface area (TPSA) is 37.3 Å². The first kappa shape index (κ1) is 6.40. The Balaban J connectivity index is 2.60. The summed E-state index contributed by atoms with van der Waals surface area (Å²) in [6.07, 6.45) is 3.24. The Labute approximate surface area is 64.5 Å². The molecule has 0 saturated carbocycles. The first-order chi connectivity index (χ1) is 5.27. The molecule has 11 heavy (non-hydrogen) atoms. The molecular formula is C9H6O2. The van der Waals surface area contributed by atoms with Gasteiger partial charge in [0.05, 0.1) is 6.42 Å². The van der Waals surface area contributed by atoms with Gasteiger partial charge in [-0.25, -0.2) is 0 Å². The van der Waals surface area contributed by atoms with Crippen LogP contribution in [0.4, 0.5) is 0 Å². The van der Waals surface area contributed by atoms with Crippen molar-refractivity contribution in [1.82, 2.24) is 0 Å². The van der Waals surface area contributed by atoms with Crippen LogP contribution >= 0.6 is 0 Å². The maximum absolute atomic E-state index is 11.0. The molecule has 2 radical (unpaired) electrons. The van der Waals surface area contributed by atoms with Crippen molar-refractivity contribution in [2.24, 2.45) is 0 Å². The van der Waals surface area contributed by atoms with Crippen molar-refractivity contribution in [3.8, 4) is 5.75 Å². The van der Waals surface area contributed by atoms with Crippen LogP contribution in [-0.2, 0) is 6.42 Å². The van der Waals surface area contributed by atoms with Crippen LogP contribution in [0, 0.1) is 6.42 Å². The Hall–Kier alpha value is -1.31. The van der Waals surface area contributed by atoms with Crippen molar-refractivity contribution in [2.75, 3.05) is 0 Å². The Morgan fingerprint density at radius 2 is 2.27 bits per heavy atom. The maximum Gasteiger partial charge on any atom is 0.171 e. The molecule has 0 unspecified atom stereocenters. The minimum absolute atomic E-state index is 0.101. The van der Waals surface area contributed by atoms with Crippen LogP contribution in [0.15, 0.2) is 18.2 Å². The molecular weight excluding hydrogens is 140 g/mol. The summed E-state index contributed by atoms with van der Waals surface area (Å²) in [7, 11) is 0. The second-order valence-electron chi connectivity index (χ2n) is 2.52. The average Bonchev–Trinajstić information content (AvgIpc) is 2.33. The second-order valence-corrected chi connectivity index (χ2v) is 2.52. The number of hydrogen-bond acceptors (Lipinski definition) is 2. The van der Waals surface area contributed by atoms with Crippen molar-refractivity contribution < 1.29 is 9.90 Å². The van der Waals surface area contributed by atoms with E-state index in [1.54, 1.807) is 12.1 Å². The summed E-state index contributed by atoms with van der Waals surface area (Å²) in [5, 5.41) is 9.03. The molecule has 0 atom stereocenters. The zero-order chi connectivity index (χ0) is 7.84. The fourth-order valence-electron chi connectivity index (χ4n) is 1.20. The van der Waals surface area contributed by atoms with Gasteiger partial charge in [-0.1, -0.05) is 6.07 Å². The van der Waals surface area contributed by atoms with Crippen LogP contribution < -0.4 is 0 Å². The van der Waals surface area contributed by atoms with Crippen molar-refractivity contribution in [3.63, 3.8) is 0 Å². The molecule has 0 bridgehead atoms. The molecule has 0 fully saturated rings. The number of fused-ring (bicyclic) bond motifs is 1. The van der Waals surface area contributed by atoms with Crippen LogP contribution in [0.25, 0.3) is 0 Å². The first-order valence-electron chi connectivity index (χ1n) is 3.37. The summed E-state index contributed by atoms with van der Waals surface area (Å²) < 4.78 is 0. The molecule has 2 nitrogen and oxygen atoms in total. The number of carbonyl (C=O) groups excluding carboxylic acids is 1. The minimum Gasteiger partial charge on any atom is -0.508 e. The van der Waals surface area contributed by atoms with Crippen LogP contribution in [-0.4, -0.2) is 10.9 Å². The van der Waals surface area contributed by atoms with E-state index in [4.69, 9.17) is 5.11 Å². The fraction of sp³-hybridized carbons (Fsp3) is 0.111. The smallest absolute Gasteiger partial charge is 0.171 e. The van der Waals surface area contributed by atoms with Gasteiger partial charge in [-0.15, -0.1) is 0 Å². The standard InChI is InChI=1S/C9H6O2/c10-7-3-1-6-2-4-9(11)8(6)5-7/h1,3,5,10H,2H2. The predicted molar refractivity (Wildman–Crippen MR) is 39.4 cm³/mol. The average molecular weight is 146 g/mol. The zero-order valence-corrected chi connectivity index (χ0v) is 5.79. The summed E-state index contributed by atoms with van der Waals surface area (Å²) in [6, 6.07) is 4.82. The molecule has 1 aliphatic rings. The van der Waals surface area contributed by atoms with Gasteiger partial charge in [0.1, 0.15) is 5.75 Å². The number of phenols is 1. The molecule has 0 saturated heterocycles. The number of carbonyl (C=O) groups is 1. The highest BCUT2D eigenvalue weighted by Gasteiger charge is 2.19. The van der Waals surface area contributed by atoms with Gasteiger partial charge < -0.3 is 5.11 Å². The molecule has 0 aliphatic heterocycles. The van der Waals surface area contributed by atoms with Gasteiger partial charge in [0.25, 0.3) is 0 Å². The van der Waals surface area contributed by atoms with Gasteiger partial charge in [-0.2, -0.15) is 0 Å². The van der Waals surface area contributed by atoms with Gasteiger partial charge >= 0.3 is 0 Å². The number of phenolic OH excluding ortho intramolecular Hbond substituents is 1.